The van der Waals surface area contributed by atoms with E-state index in [1.165, 1.54) is 0 Å². The number of phenolic OH excluding ortho intramolecular Hbond substituents is 2. The molecule has 2 aromatic rings. The van der Waals surface area contributed by atoms with E-state index >= 15 is 0 Å². The molecule has 6 nitrogen and oxygen atoms in total. The van der Waals surface area contributed by atoms with Crippen LogP contribution in [-0.2, 0) is 10.8 Å². The average molecular weight is 606 g/mol. The molecule has 2 aromatic carbocycles. The molecule has 0 fully saturated rings. The normalized spacial score (nSPS) is 20.5. The zero-order valence-corrected chi connectivity index (χ0v) is 24.2. The topological polar surface area (TPSA) is 53.4 Å². The third-order valence-corrected chi connectivity index (χ3v) is 8.34. The number of phenols is 2. The van der Waals surface area contributed by atoms with E-state index in [1.807, 2.05) is 58.9 Å². The molecule has 188 valence electrons. The number of anilines is 2. The first-order valence-corrected chi connectivity index (χ1v) is 13.5. The molecule has 0 aromatic heterocycles. The second kappa shape index (κ2) is 9.28. The quantitative estimate of drug-likeness (QED) is 0.292. The zero-order chi connectivity index (χ0) is 25.7. The van der Waals surface area contributed by atoms with E-state index in [4.69, 9.17) is 0 Å². The molecule has 2 aliphatic heterocycles. The highest BCUT2D eigenvalue weighted by molar-refractivity contribution is 9.09. The fourth-order valence-electron chi connectivity index (χ4n) is 4.12. The number of nitrogens with zero attached hydrogens (tertiary/aromatic N) is 4. The van der Waals surface area contributed by atoms with Crippen LogP contribution in [0.2, 0.25) is 0 Å². The summed E-state index contributed by atoms with van der Waals surface area (Å²) < 4.78 is 0. The summed E-state index contributed by atoms with van der Waals surface area (Å²) in [6.07, 6.45) is 7.97. The SMILES string of the molecule is CC(C)(C)c1ccc(O)c(N2C=CN(CN3C=CN(c4cc(C(C)(C)C)ccc4O)C3Br)C2Br)c1. The van der Waals surface area contributed by atoms with Gasteiger partial charge in [0, 0.05) is 24.8 Å². The van der Waals surface area contributed by atoms with Crippen LogP contribution in [0.15, 0.2) is 61.2 Å². The van der Waals surface area contributed by atoms with E-state index in [-0.39, 0.29) is 32.5 Å². The molecule has 0 saturated heterocycles. The molecule has 0 spiro atoms. The molecule has 0 amide bonds. The van der Waals surface area contributed by atoms with Gasteiger partial charge in [0.05, 0.1) is 18.0 Å². The minimum atomic E-state index is -0.164. The molecule has 0 aliphatic carbocycles. The molecule has 35 heavy (non-hydrogen) atoms. The van der Waals surface area contributed by atoms with Crippen LogP contribution in [0.1, 0.15) is 52.7 Å². The number of aromatic hydroxyl groups is 2. The lowest BCUT2D eigenvalue weighted by molar-refractivity contribution is 0.230. The van der Waals surface area contributed by atoms with Crippen LogP contribution < -0.4 is 9.80 Å². The van der Waals surface area contributed by atoms with E-state index in [0.717, 1.165) is 22.5 Å². The first-order valence-electron chi connectivity index (χ1n) is 11.7. The van der Waals surface area contributed by atoms with E-state index in [9.17, 15) is 10.2 Å². The number of rotatable bonds is 4. The van der Waals surface area contributed by atoms with Crippen LogP contribution in [0.5, 0.6) is 11.5 Å². The van der Waals surface area contributed by atoms with Gasteiger partial charge in [0.25, 0.3) is 0 Å². The van der Waals surface area contributed by atoms with E-state index in [0.29, 0.717) is 6.67 Å². The predicted molar refractivity (Wildman–Crippen MR) is 151 cm³/mol. The predicted octanol–water partition coefficient (Wildman–Crippen LogP) is 6.89. The van der Waals surface area contributed by atoms with E-state index in [2.05, 4.69) is 83.2 Å². The summed E-state index contributed by atoms with van der Waals surface area (Å²) in [6.45, 7) is 13.6. The summed E-state index contributed by atoms with van der Waals surface area (Å²) in [7, 11) is 0. The van der Waals surface area contributed by atoms with Gasteiger partial charge >= 0.3 is 0 Å². The van der Waals surface area contributed by atoms with Crippen LogP contribution >= 0.6 is 31.9 Å². The summed E-state index contributed by atoms with van der Waals surface area (Å²) in [4.78, 5) is 8.31. The minimum absolute atomic E-state index is 0.0176. The van der Waals surface area contributed by atoms with Crippen LogP contribution in [0.25, 0.3) is 0 Å². The highest BCUT2D eigenvalue weighted by Crippen LogP contribution is 2.40. The average Bonchev–Trinajstić information content (AvgIpc) is 3.30. The van der Waals surface area contributed by atoms with Crippen molar-refractivity contribution in [2.24, 2.45) is 0 Å². The van der Waals surface area contributed by atoms with Gasteiger partial charge in [-0.2, -0.15) is 0 Å². The Balaban J connectivity index is 1.49. The molecular weight excluding hydrogens is 572 g/mol. The highest BCUT2D eigenvalue weighted by atomic mass is 79.9. The Morgan fingerprint density at radius 1 is 0.657 bits per heavy atom. The molecule has 2 unspecified atom stereocenters. The Labute approximate surface area is 225 Å². The van der Waals surface area contributed by atoms with Crippen molar-refractivity contribution >= 4 is 43.2 Å². The van der Waals surface area contributed by atoms with Crippen molar-refractivity contribution in [1.29, 1.82) is 0 Å². The molecule has 0 radical (unpaired) electrons. The molecule has 4 rings (SSSR count). The van der Waals surface area contributed by atoms with Gasteiger partial charge in [0.1, 0.15) is 11.5 Å². The summed E-state index contributed by atoms with van der Waals surface area (Å²) in [5, 5.41) is 20.8. The van der Waals surface area contributed by atoms with Gasteiger partial charge in [-0.1, -0.05) is 53.7 Å². The van der Waals surface area contributed by atoms with Crippen molar-refractivity contribution in [3.8, 4) is 11.5 Å². The Hall–Kier alpha value is -2.32. The largest absolute Gasteiger partial charge is 0.506 e. The van der Waals surface area contributed by atoms with Gasteiger partial charge in [-0.25, -0.2) is 0 Å². The zero-order valence-electron chi connectivity index (χ0n) is 21.1. The Morgan fingerprint density at radius 2 is 1.03 bits per heavy atom. The van der Waals surface area contributed by atoms with Crippen molar-refractivity contribution in [2.45, 2.75) is 62.5 Å². The summed E-state index contributed by atoms with van der Waals surface area (Å²) in [5.74, 6) is 0.488. The molecule has 2 aliphatic rings. The Morgan fingerprint density at radius 3 is 1.37 bits per heavy atom. The van der Waals surface area contributed by atoms with E-state index in [1.54, 1.807) is 12.1 Å². The number of halogens is 2. The van der Waals surface area contributed by atoms with Gasteiger partial charge in [0.15, 0.2) is 10.2 Å². The number of benzene rings is 2. The third-order valence-electron chi connectivity index (χ3n) is 6.41. The van der Waals surface area contributed by atoms with E-state index < -0.39 is 0 Å². The maximum Gasteiger partial charge on any atom is 0.164 e. The summed E-state index contributed by atoms with van der Waals surface area (Å²) in [6, 6.07) is 11.6. The van der Waals surface area contributed by atoms with Gasteiger partial charge in [-0.05, 0) is 78.1 Å². The molecule has 0 saturated carbocycles. The van der Waals surface area contributed by atoms with Crippen LogP contribution in [0, 0.1) is 0 Å². The lowest BCUT2D eigenvalue weighted by Crippen LogP contribution is -2.43. The second-order valence-electron chi connectivity index (χ2n) is 11.1. The molecule has 8 heteroatoms. The first-order chi connectivity index (χ1) is 16.3. The molecule has 2 N–H and O–H groups in total. The van der Waals surface area contributed by atoms with Crippen molar-refractivity contribution in [2.75, 3.05) is 16.5 Å². The summed E-state index contributed by atoms with van der Waals surface area (Å²) in [5.41, 5.74) is 3.80. The minimum Gasteiger partial charge on any atom is -0.506 e. The van der Waals surface area contributed by atoms with Crippen molar-refractivity contribution in [1.82, 2.24) is 9.80 Å². The lowest BCUT2D eigenvalue weighted by atomic mass is 9.86. The monoisotopic (exact) mass is 604 g/mol. The standard InChI is InChI=1S/C27H34Br2N4O2/c1-26(2,3)18-7-9-22(34)20(15-18)32-13-11-30(24(32)28)17-31-12-14-33(25(31)29)21-16-19(27(4,5)6)8-10-23(21)35/h7-16,24-25,34-35H,17H2,1-6H3. The fraction of sp³-hybridized carbons (Fsp3) is 0.407. The van der Waals surface area contributed by atoms with Gasteiger partial charge < -0.3 is 29.8 Å². The van der Waals surface area contributed by atoms with Crippen LogP contribution in [0.3, 0.4) is 0 Å². The lowest BCUT2D eigenvalue weighted by Gasteiger charge is -2.35. The van der Waals surface area contributed by atoms with Crippen molar-refractivity contribution in [3.05, 3.63) is 72.3 Å². The molecule has 2 atom stereocenters. The fourth-order valence-corrected chi connectivity index (χ4v) is 5.37. The highest BCUT2D eigenvalue weighted by Gasteiger charge is 2.33. The number of hydrogen-bond donors (Lipinski definition) is 2. The van der Waals surface area contributed by atoms with Crippen LogP contribution in [0.4, 0.5) is 11.4 Å². The Kier molecular flexibility index (Phi) is 6.83. The van der Waals surface area contributed by atoms with Crippen molar-refractivity contribution in [3.63, 3.8) is 0 Å². The smallest absolute Gasteiger partial charge is 0.164 e. The molecule has 2 heterocycles. The number of hydrogen-bond acceptors (Lipinski definition) is 6. The van der Waals surface area contributed by atoms with Gasteiger partial charge in [0.2, 0.25) is 0 Å². The third kappa shape index (κ3) is 5.14. The summed E-state index contributed by atoms with van der Waals surface area (Å²) >= 11 is 7.61. The number of alkyl halides is 2. The molecule has 0 bridgehead atoms. The van der Waals surface area contributed by atoms with Gasteiger partial charge in [-0.15, -0.1) is 0 Å². The first kappa shape index (κ1) is 25.8. The Bertz CT molecular complexity index is 1060. The maximum absolute atomic E-state index is 10.6. The van der Waals surface area contributed by atoms with Crippen LogP contribution in [-0.4, -0.2) is 36.8 Å². The molecular formula is C27H34Br2N4O2. The van der Waals surface area contributed by atoms with Crippen molar-refractivity contribution < 1.29 is 10.2 Å². The second-order valence-corrected chi connectivity index (χ2v) is 12.7. The maximum atomic E-state index is 10.6. The van der Waals surface area contributed by atoms with Gasteiger partial charge in [-0.3, -0.25) is 0 Å².